The molecule has 3 rings (SSSR count). The van der Waals surface area contributed by atoms with Gasteiger partial charge in [-0.15, -0.1) is 0 Å². The Hall–Kier alpha value is -1.95. The van der Waals surface area contributed by atoms with E-state index in [0.717, 1.165) is 25.9 Å². The van der Waals surface area contributed by atoms with E-state index in [1.54, 1.807) is 0 Å². The Morgan fingerprint density at radius 3 is 1.73 bits per heavy atom. The van der Waals surface area contributed by atoms with Crippen molar-refractivity contribution in [2.45, 2.75) is 97.3 Å². The Bertz CT molecular complexity index is 949. The molecule has 0 spiro atoms. The lowest BCUT2D eigenvalue weighted by atomic mass is 9.82. The summed E-state index contributed by atoms with van der Waals surface area (Å²) in [6.07, 6.45) is 4.52. The lowest BCUT2D eigenvalue weighted by molar-refractivity contribution is -0.181. The van der Waals surface area contributed by atoms with E-state index in [1.165, 1.54) is 16.8 Å². The molecule has 0 aromatic heterocycles. The van der Waals surface area contributed by atoms with Crippen molar-refractivity contribution in [1.29, 1.82) is 0 Å². The lowest BCUT2D eigenvalue weighted by Gasteiger charge is -2.44. The second kappa shape index (κ2) is 11.8. The summed E-state index contributed by atoms with van der Waals surface area (Å²) in [6.45, 7) is 17.6. The molecule has 0 heterocycles. The average molecular weight is 525 g/mol. The van der Waals surface area contributed by atoms with E-state index >= 15 is 0 Å². The maximum Gasteiger partial charge on any atom is 0.338 e. The highest BCUT2D eigenvalue weighted by Crippen LogP contribution is 2.38. The monoisotopic (exact) mass is 524 g/mol. The molecule has 5 heteroatoms. The molecule has 0 radical (unpaired) electrons. The van der Waals surface area contributed by atoms with Gasteiger partial charge in [-0.05, 0) is 81.1 Å². The number of esters is 1. The Morgan fingerprint density at radius 1 is 0.784 bits per heavy atom. The Morgan fingerprint density at radius 2 is 1.27 bits per heavy atom. The molecule has 1 aliphatic carbocycles. The van der Waals surface area contributed by atoms with Crippen LogP contribution in [-0.2, 0) is 18.7 Å². The summed E-state index contributed by atoms with van der Waals surface area (Å²) < 4.78 is 18.9. The fraction of sp³-hybridized carbons (Fsp3) is 0.594. The van der Waals surface area contributed by atoms with E-state index in [9.17, 15) is 4.79 Å². The SMILES string of the molecule is CC(C)(C)OC(=O)C(C)(C)OCC1CCCC(CO[Si](c2ccccc2)(c2ccccc2)C(C)(C)C)C1. The molecule has 2 unspecified atom stereocenters. The van der Waals surface area contributed by atoms with Crippen LogP contribution in [0.4, 0.5) is 0 Å². The van der Waals surface area contributed by atoms with Crippen molar-refractivity contribution in [1.82, 2.24) is 0 Å². The third-order valence-electron chi connectivity index (χ3n) is 7.41. The highest BCUT2D eigenvalue weighted by Gasteiger charge is 2.50. The highest BCUT2D eigenvalue weighted by molar-refractivity contribution is 6.99. The molecule has 2 atom stereocenters. The molecule has 204 valence electrons. The summed E-state index contributed by atoms with van der Waals surface area (Å²) >= 11 is 0. The van der Waals surface area contributed by atoms with E-state index in [0.29, 0.717) is 18.4 Å². The highest BCUT2D eigenvalue weighted by atomic mass is 28.4. The molecule has 0 amide bonds. The molecule has 37 heavy (non-hydrogen) atoms. The van der Waals surface area contributed by atoms with Gasteiger partial charge in [-0.2, -0.15) is 0 Å². The van der Waals surface area contributed by atoms with Crippen LogP contribution in [0.1, 0.15) is 81.1 Å². The predicted octanol–water partition coefficient (Wildman–Crippen LogP) is 6.51. The number of carbonyl (C=O) groups is 1. The summed E-state index contributed by atoms with van der Waals surface area (Å²) in [5, 5.41) is 2.62. The van der Waals surface area contributed by atoms with Crippen LogP contribution in [0.25, 0.3) is 0 Å². The fourth-order valence-corrected chi connectivity index (χ4v) is 10.1. The zero-order valence-corrected chi connectivity index (χ0v) is 25.3. The number of hydrogen-bond acceptors (Lipinski definition) is 4. The van der Waals surface area contributed by atoms with Gasteiger partial charge < -0.3 is 13.9 Å². The third kappa shape index (κ3) is 7.55. The molecule has 2 aromatic rings. The predicted molar refractivity (Wildman–Crippen MR) is 155 cm³/mol. The average Bonchev–Trinajstić information content (AvgIpc) is 2.83. The van der Waals surface area contributed by atoms with Crippen LogP contribution >= 0.6 is 0 Å². The molecule has 4 nitrogen and oxygen atoms in total. The Balaban J connectivity index is 1.72. The first kappa shape index (κ1) is 29.6. The largest absolute Gasteiger partial charge is 0.458 e. The van der Waals surface area contributed by atoms with Crippen molar-refractivity contribution in [2.24, 2.45) is 11.8 Å². The van der Waals surface area contributed by atoms with Crippen LogP contribution in [0.3, 0.4) is 0 Å². The number of carbonyl (C=O) groups excluding carboxylic acids is 1. The fourth-order valence-electron chi connectivity index (χ4n) is 5.50. The van der Waals surface area contributed by atoms with E-state index in [1.807, 2.05) is 34.6 Å². The van der Waals surface area contributed by atoms with Gasteiger partial charge >= 0.3 is 5.97 Å². The van der Waals surface area contributed by atoms with Gasteiger partial charge in [-0.1, -0.05) is 87.9 Å². The van der Waals surface area contributed by atoms with Crippen molar-refractivity contribution in [3.8, 4) is 0 Å². The maximum absolute atomic E-state index is 12.6. The first-order chi connectivity index (χ1) is 17.2. The molecule has 0 N–H and O–H groups in total. The Kier molecular flexibility index (Phi) is 9.47. The second-order valence-corrected chi connectivity index (χ2v) is 17.5. The minimum absolute atomic E-state index is 0.0235. The van der Waals surface area contributed by atoms with Gasteiger partial charge in [0.25, 0.3) is 8.32 Å². The van der Waals surface area contributed by atoms with E-state index in [-0.39, 0.29) is 11.0 Å². The van der Waals surface area contributed by atoms with Crippen LogP contribution in [0.5, 0.6) is 0 Å². The van der Waals surface area contributed by atoms with E-state index < -0.39 is 19.5 Å². The summed E-state index contributed by atoms with van der Waals surface area (Å²) in [5.74, 6) is 0.597. The molecule has 0 bridgehead atoms. The zero-order valence-electron chi connectivity index (χ0n) is 24.3. The van der Waals surface area contributed by atoms with Crippen molar-refractivity contribution < 1.29 is 18.7 Å². The third-order valence-corrected chi connectivity index (χ3v) is 12.4. The normalized spacial score (nSPS) is 19.5. The summed E-state index contributed by atoms with van der Waals surface area (Å²) in [4.78, 5) is 12.6. The quantitative estimate of drug-likeness (QED) is 0.277. The Labute approximate surface area is 226 Å². The standard InChI is InChI=1S/C32H48O4Si/c1-30(2,3)36-29(33)32(7,8)34-23-25-16-15-17-26(22-25)24-35-37(31(4,5)6,27-18-11-9-12-19-27)28-20-13-10-14-21-28/h9-14,18-21,25-26H,15-17,22-24H2,1-8H3. The summed E-state index contributed by atoms with van der Waals surface area (Å²) in [7, 11) is -2.53. The van der Waals surface area contributed by atoms with Crippen LogP contribution in [0.2, 0.25) is 5.04 Å². The summed E-state index contributed by atoms with van der Waals surface area (Å²) in [5.41, 5.74) is -1.47. The van der Waals surface area contributed by atoms with Gasteiger partial charge in [0.1, 0.15) is 5.60 Å². The number of hydrogen-bond donors (Lipinski definition) is 0. The maximum atomic E-state index is 12.6. The van der Waals surface area contributed by atoms with Crippen LogP contribution in [0, 0.1) is 11.8 Å². The van der Waals surface area contributed by atoms with Crippen molar-refractivity contribution in [2.75, 3.05) is 13.2 Å². The smallest absolute Gasteiger partial charge is 0.338 e. The topological polar surface area (TPSA) is 44.8 Å². The van der Waals surface area contributed by atoms with Gasteiger partial charge in [0, 0.05) is 6.61 Å². The van der Waals surface area contributed by atoms with Gasteiger partial charge in [0.05, 0.1) is 6.61 Å². The minimum Gasteiger partial charge on any atom is -0.458 e. The van der Waals surface area contributed by atoms with Crippen molar-refractivity contribution >= 4 is 24.7 Å². The molecule has 1 saturated carbocycles. The molecular weight excluding hydrogens is 476 g/mol. The van der Waals surface area contributed by atoms with Crippen LogP contribution in [-0.4, -0.2) is 38.7 Å². The van der Waals surface area contributed by atoms with Gasteiger partial charge in [-0.3, -0.25) is 0 Å². The van der Waals surface area contributed by atoms with E-state index in [2.05, 4.69) is 81.4 Å². The number of ether oxygens (including phenoxy) is 2. The lowest BCUT2D eigenvalue weighted by Crippen LogP contribution is -2.67. The number of rotatable bonds is 9. The number of benzene rings is 2. The second-order valence-electron chi connectivity index (χ2n) is 13.2. The van der Waals surface area contributed by atoms with Crippen molar-refractivity contribution in [3.05, 3.63) is 60.7 Å². The molecular formula is C32H48O4Si. The molecule has 1 fully saturated rings. The molecule has 0 saturated heterocycles. The van der Waals surface area contributed by atoms with Crippen LogP contribution < -0.4 is 10.4 Å². The minimum atomic E-state index is -2.53. The van der Waals surface area contributed by atoms with Gasteiger partial charge in [0.2, 0.25) is 0 Å². The summed E-state index contributed by atoms with van der Waals surface area (Å²) in [6, 6.07) is 21.7. The first-order valence-corrected chi connectivity index (χ1v) is 15.8. The molecule has 1 aliphatic rings. The van der Waals surface area contributed by atoms with Gasteiger partial charge in [-0.25, -0.2) is 4.79 Å². The van der Waals surface area contributed by atoms with Crippen molar-refractivity contribution in [3.63, 3.8) is 0 Å². The van der Waals surface area contributed by atoms with Gasteiger partial charge in [0.15, 0.2) is 5.60 Å². The first-order valence-electron chi connectivity index (χ1n) is 13.9. The van der Waals surface area contributed by atoms with Crippen LogP contribution in [0.15, 0.2) is 60.7 Å². The zero-order chi connectivity index (χ0) is 27.3. The molecule has 0 aliphatic heterocycles. The molecule has 2 aromatic carbocycles. The van der Waals surface area contributed by atoms with E-state index in [4.69, 9.17) is 13.9 Å².